The van der Waals surface area contributed by atoms with Crippen LogP contribution < -0.4 is 10.6 Å². The first-order chi connectivity index (χ1) is 8.65. The maximum atomic E-state index is 9.92. The summed E-state index contributed by atoms with van der Waals surface area (Å²) in [6.07, 6.45) is 3.95. The van der Waals surface area contributed by atoms with Crippen LogP contribution in [0, 0.1) is 11.8 Å². The zero-order valence-corrected chi connectivity index (χ0v) is 10.8. The van der Waals surface area contributed by atoms with Crippen molar-refractivity contribution in [2.24, 2.45) is 17.6 Å². The van der Waals surface area contributed by atoms with Gasteiger partial charge < -0.3 is 15.7 Å². The number of hydrogen-bond acceptors (Lipinski definition) is 4. The standard InChI is InChI=1S/C14H21N3O/c1-9(15)13-4-3-11(6-16-13)17-7-10-2-5-14(18)12(10)8-17/h3-4,6,9-10,12,14,18H,2,5,7-8,15H2,1H3/t9-,10?,12?,14?/m1/s1. The highest BCUT2D eigenvalue weighted by atomic mass is 16.3. The number of anilines is 1. The molecule has 2 aliphatic rings. The first-order valence-electron chi connectivity index (χ1n) is 6.79. The highest BCUT2D eigenvalue weighted by Gasteiger charge is 2.41. The molecule has 0 radical (unpaired) electrons. The van der Waals surface area contributed by atoms with Crippen LogP contribution in [0.2, 0.25) is 0 Å². The van der Waals surface area contributed by atoms with Crippen LogP contribution in [0.5, 0.6) is 0 Å². The zero-order valence-electron chi connectivity index (χ0n) is 10.8. The second kappa shape index (κ2) is 4.52. The molecule has 18 heavy (non-hydrogen) atoms. The molecular formula is C14H21N3O. The Kier molecular flexibility index (Phi) is 2.99. The summed E-state index contributed by atoms with van der Waals surface area (Å²) < 4.78 is 0. The van der Waals surface area contributed by atoms with Crippen molar-refractivity contribution in [2.75, 3.05) is 18.0 Å². The van der Waals surface area contributed by atoms with Crippen molar-refractivity contribution in [2.45, 2.75) is 31.9 Å². The first-order valence-corrected chi connectivity index (χ1v) is 6.79. The molecule has 1 aromatic heterocycles. The van der Waals surface area contributed by atoms with E-state index in [1.165, 1.54) is 0 Å². The molecule has 3 unspecified atom stereocenters. The third-order valence-electron chi connectivity index (χ3n) is 4.42. The van der Waals surface area contributed by atoms with Crippen LogP contribution >= 0.6 is 0 Å². The highest BCUT2D eigenvalue weighted by Crippen LogP contribution is 2.39. The SMILES string of the molecule is C[C@@H](N)c1ccc(N2CC3CCC(O)C3C2)cn1. The summed E-state index contributed by atoms with van der Waals surface area (Å²) >= 11 is 0. The van der Waals surface area contributed by atoms with Gasteiger partial charge in [-0.1, -0.05) is 0 Å². The maximum Gasteiger partial charge on any atom is 0.0588 e. The highest BCUT2D eigenvalue weighted by molar-refractivity contribution is 5.46. The Morgan fingerprint density at radius 3 is 2.83 bits per heavy atom. The van der Waals surface area contributed by atoms with E-state index in [-0.39, 0.29) is 12.1 Å². The van der Waals surface area contributed by atoms with Crippen LogP contribution in [-0.4, -0.2) is 29.3 Å². The minimum Gasteiger partial charge on any atom is -0.393 e. The van der Waals surface area contributed by atoms with Gasteiger partial charge in [-0.3, -0.25) is 4.98 Å². The molecule has 1 aliphatic carbocycles. The van der Waals surface area contributed by atoms with Gasteiger partial charge in [-0.2, -0.15) is 0 Å². The van der Waals surface area contributed by atoms with Gasteiger partial charge in [0.1, 0.15) is 0 Å². The van der Waals surface area contributed by atoms with E-state index in [1.807, 2.05) is 19.2 Å². The largest absolute Gasteiger partial charge is 0.393 e. The Bertz CT molecular complexity index is 418. The van der Waals surface area contributed by atoms with Crippen molar-refractivity contribution in [3.05, 3.63) is 24.0 Å². The van der Waals surface area contributed by atoms with Crippen LogP contribution in [0.3, 0.4) is 0 Å². The molecule has 98 valence electrons. The lowest BCUT2D eigenvalue weighted by atomic mass is 10.00. The Hall–Kier alpha value is -1.13. The fourth-order valence-electron chi connectivity index (χ4n) is 3.30. The second-order valence-corrected chi connectivity index (χ2v) is 5.70. The molecule has 4 atom stereocenters. The molecule has 3 N–H and O–H groups in total. The van der Waals surface area contributed by atoms with E-state index in [0.29, 0.717) is 11.8 Å². The van der Waals surface area contributed by atoms with Gasteiger partial charge in [-0.25, -0.2) is 0 Å². The lowest BCUT2D eigenvalue weighted by Gasteiger charge is -2.20. The fraction of sp³-hybridized carbons (Fsp3) is 0.643. The van der Waals surface area contributed by atoms with E-state index in [0.717, 1.165) is 37.3 Å². The molecule has 1 aromatic rings. The van der Waals surface area contributed by atoms with Crippen LogP contribution in [-0.2, 0) is 0 Å². The summed E-state index contributed by atoms with van der Waals surface area (Å²) in [6, 6.07) is 4.09. The number of aromatic nitrogens is 1. The average Bonchev–Trinajstić information content (AvgIpc) is 2.92. The van der Waals surface area contributed by atoms with Crippen molar-refractivity contribution in [3.63, 3.8) is 0 Å². The summed E-state index contributed by atoms with van der Waals surface area (Å²) in [5.41, 5.74) is 7.88. The third-order valence-corrected chi connectivity index (χ3v) is 4.42. The topological polar surface area (TPSA) is 62.4 Å². The van der Waals surface area contributed by atoms with Gasteiger partial charge in [-0.05, 0) is 37.8 Å². The summed E-state index contributed by atoms with van der Waals surface area (Å²) in [5, 5.41) is 9.92. The van der Waals surface area contributed by atoms with Crippen LogP contribution in [0.15, 0.2) is 18.3 Å². The number of fused-ring (bicyclic) bond motifs is 1. The van der Waals surface area contributed by atoms with E-state index < -0.39 is 0 Å². The summed E-state index contributed by atoms with van der Waals surface area (Å²) in [6.45, 7) is 3.96. The molecule has 3 rings (SSSR count). The van der Waals surface area contributed by atoms with E-state index in [4.69, 9.17) is 5.73 Å². The van der Waals surface area contributed by atoms with Gasteiger partial charge in [0.15, 0.2) is 0 Å². The molecule has 0 bridgehead atoms. The zero-order chi connectivity index (χ0) is 12.7. The molecule has 2 heterocycles. The smallest absolute Gasteiger partial charge is 0.0588 e. The molecule has 0 spiro atoms. The molecule has 0 aromatic carbocycles. The van der Waals surface area contributed by atoms with Crippen LogP contribution in [0.25, 0.3) is 0 Å². The van der Waals surface area contributed by atoms with E-state index in [9.17, 15) is 5.11 Å². The molecule has 1 aliphatic heterocycles. The number of aliphatic hydroxyl groups excluding tert-OH is 1. The van der Waals surface area contributed by atoms with E-state index in [2.05, 4.69) is 16.0 Å². The Morgan fingerprint density at radius 1 is 1.39 bits per heavy atom. The van der Waals surface area contributed by atoms with Crippen molar-refractivity contribution in [3.8, 4) is 0 Å². The van der Waals surface area contributed by atoms with Crippen molar-refractivity contribution < 1.29 is 5.11 Å². The van der Waals surface area contributed by atoms with Gasteiger partial charge in [0.2, 0.25) is 0 Å². The fourth-order valence-corrected chi connectivity index (χ4v) is 3.30. The predicted molar refractivity (Wildman–Crippen MR) is 71.3 cm³/mol. The number of nitrogens with zero attached hydrogens (tertiary/aromatic N) is 2. The normalized spacial score (nSPS) is 32.6. The lowest BCUT2D eigenvalue weighted by Crippen LogP contribution is -2.24. The number of nitrogens with two attached hydrogens (primary N) is 1. The van der Waals surface area contributed by atoms with Crippen LogP contribution in [0.1, 0.15) is 31.5 Å². The van der Waals surface area contributed by atoms with Gasteiger partial charge in [-0.15, -0.1) is 0 Å². The molecule has 0 amide bonds. The van der Waals surface area contributed by atoms with E-state index in [1.54, 1.807) is 0 Å². The molecule has 4 nitrogen and oxygen atoms in total. The second-order valence-electron chi connectivity index (χ2n) is 5.70. The minimum absolute atomic E-state index is 0.0150. The monoisotopic (exact) mass is 247 g/mol. The Labute approximate surface area is 108 Å². The Balaban J connectivity index is 1.73. The summed E-state index contributed by atoms with van der Waals surface area (Å²) in [4.78, 5) is 6.75. The number of hydrogen-bond donors (Lipinski definition) is 2. The van der Waals surface area contributed by atoms with Crippen molar-refractivity contribution in [1.82, 2.24) is 4.98 Å². The van der Waals surface area contributed by atoms with Gasteiger partial charge in [0, 0.05) is 25.0 Å². The molecule has 4 heteroatoms. The predicted octanol–water partition coefficient (Wildman–Crippen LogP) is 1.31. The van der Waals surface area contributed by atoms with Gasteiger partial charge in [0.05, 0.1) is 23.7 Å². The molecule has 1 saturated carbocycles. The lowest BCUT2D eigenvalue weighted by molar-refractivity contribution is 0.133. The first kappa shape index (κ1) is 11.9. The maximum absolute atomic E-state index is 9.92. The average molecular weight is 247 g/mol. The number of aliphatic hydroxyl groups is 1. The summed E-state index contributed by atoms with van der Waals surface area (Å²) in [7, 11) is 0. The van der Waals surface area contributed by atoms with Crippen molar-refractivity contribution in [1.29, 1.82) is 0 Å². The van der Waals surface area contributed by atoms with Gasteiger partial charge >= 0.3 is 0 Å². The third kappa shape index (κ3) is 1.99. The number of pyridine rings is 1. The molecule has 2 fully saturated rings. The van der Waals surface area contributed by atoms with Gasteiger partial charge in [0.25, 0.3) is 0 Å². The van der Waals surface area contributed by atoms with E-state index >= 15 is 0 Å². The number of rotatable bonds is 2. The molecular weight excluding hydrogens is 226 g/mol. The van der Waals surface area contributed by atoms with Crippen molar-refractivity contribution >= 4 is 5.69 Å². The Morgan fingerprint density at radius 2 is 2.22 bits per heavy atom. The quantitative estimate of drug-likeness (QED) is 0.827. The van der Waals surface area contributed by atoms with Crippen LogP contribution in [0.4, 0.5) is 5.69 Å². The molecule has 1 saturated heterocycles. The minimum atomic E-state index is -0.101. The summed E-state index contributed by atoms with van der Waals surface area (Å²) in [5.74, 6) is 1.12.